The molecule has 0 aromatic carbocycles. The highest BCUT2D eigenvalue weighted by molar-refractivity contribution is 5.77. The van der Waals surface area contributed by atoms with E-state index in [1.807, 2.05) is 0 Å². The minimum atomic E-state index is -4.52. The van der Waals surface area contributed by atoms with Crippen molar-refractivity contribution in [1.29, 1.82) is 0 Å². The number of alkyl halides is 3. The number of nitrogens with zero attached hydrogens (tertiary/aromatic N) is 1. The Labute approximate surface area is 120 Å². The van der Waals surface area contributed by atoms with Crippen LogP contribution < -0.4 is 5.32 Å². The smallest absolute Gasteiger partial charge is 0.406 e. The van der Waals surface area contributed by atoms with E-state index in [-0.39, 0.29) is 19.4 Å². The Balaban J connectivity index is 2.56. The maximum Gasteiger partial charge on any atom is 0.406 e. The third-order valence-electron chi connectivity index (χ3n) is 2.94. The number of hydrogen-bond donors (Lipinski definition) is 1. The lowest BCUT2D eigenvalue weighted by Crippen LogP contribution is -2.45. The molecule has 0 spiro atoms. The van der Waals surface area contributed by atoms with Gasteiger partial charge in [-0.3, -0.25) is 9.59 Å². The van der Waals surface area contributed by atoms with Crippen molar-refractivity contribution in [1.82, 2.24) is 10.2 Å². The molecule has 0 radical (unpaired) electrons. The van der Waals surface area contributed by atoms with Crippen LogP contribution in [-0.4, -0.2) is 69.0 Å². The van der Waals surface area contributed by atoms with Crippen molar-refractivity contribution in [3.05, 3.63) is 0 Å². The summed E-state index contributed by atoms with van der Waals surface area (Å²) in [5.74, 6) is -1.35. The lowest BCUT2D eigenvalue weighted by Gasteiger charge is -2.28. The van der Waals surface area contributed by atoms with E-state index in [1.54, 1.807) is 0 Å². The van der Waals surface area contributed by atoms with Crippen LogP contribution in [-0.2, 0) is 19.1 Å². The Kier molecular flexibility index (Phi) is 6.90. The van der Waals surface area contributed by atoms with Crippen LogP contribution in [0.15, 0.2) is 0 Å². The van der Waals surface area contributed by atoms with E-state index in [9.17, 15) is 22.8 Å². The molecule has 1 saturated heterocycles. The minimum Gasteiger partial charge on any atom is -0.469 e. The van der Waals surface area contributed by atoms with Gasteiger partial charge in [-0.05, 0) is 0 Å². The van der Waals surface area contributed by atoms with E-state index in [0.717, 1.165) is 7.11 Å². The Bertz CT molecular complexity index is 357. The van der Waals surface area contributed by atoms with Crippen molar-refractivity contribution in [3.63, 3.8) is 0 Å². The number of ether oxygens (including phenoxy) is 2. The van der Waals surface area contributed by atoms with Gasteiger partial charge in [-0.15, -0.1) is 0 Å². The molecule has 1 amide bonds. The van der Waals surface area contributed by atoms with Gasteiger partial charge in [0, 0.05) is 19.6 Å². The van der Waals surface area contributed by atoms with Crippen molar-refractivity contribution in [2.45, 2.75) is 25.1 Å². The summed E-state index contributed by atoms with van der Waals surface area (Å²) in [4.78, 5) is 23.6. The summed E-state index contributed by atoms with van der Waals surface area (Å²) in [6, 6.07) is 0. The number of amides is 1. The van der Waals surface area contributed by atoms with Crippen LogP contribution in [0.3, 0.4) is 0 Å². The number of hydrogen-bond acceptors (Lipinski definition) is 5. The van der Waals surface area contributed by atoms with Crippen LogP contribution in [0.2, 0.25) is 0 Å². The molecule has 1 fully saturated rings. The van der Waals surface area contributed by atoms with Crippen LogP contribution >= 0.6 is 0 Å². The van der Waals surface area contributed by atoms with Gasteiger partial charge in [-0.2, -0.15) is 13.2 Å². The molecule has 1 atom stereocenters. The molecule has 0 bridgehead atoms. The third kappa shape index (κ3) is 7.28. The van der Waals surface area contributed by atoms with Gasteiger partial charge in [-0.25, -0.2) is 0 Å². The van der Waals surface area contributed by atoms with Gasteiger partial charge in [0.2, 0.25) is 5.91 Å². The summed E-state index contributed by atoms with van der Waals surface area (Å²) in [5, 5.41) is 2.99. The van der Waals surface area contributed by atoms with Crippen LogP contribution in [0.5, 0.6) is 0 Å². The zero-order valence-corrected chi connectivity index (χ0v) is 11.7. The zero-order chi connectivity index (χ0) is 15.9. The average Bonchev–Trinajstić information content (AvgIpc) is 2.42. The predicted molar refractivity (Wildman–Crippen MR) is 66.5 cm³/mol. The summed E-state index contributed by atoms with van der Waals surface area (Å²) in [6.45, 7) is -0.227. The first-order valence-corrected chi connectivity index (χ1v) is 6.55. The molecule has 0 aliphatic carbocycles. The van der Waals surface area contributed by atoms with Gasteiger partial charge < -0.3 is 19.7 Å². The number of halogens is 3. The van der Waals surface area contributed by atoms with E-state index in [4.69, 9.17) is 4.74 Å². The quantitative estimate of drug-likeness (QED) is 0.716. The fourth-order valence-corrected chi connectivity index (χ4v) is 1.91. The molecule has 1 heterocycles. The molecule has 1 N–H and O–H groups in total. The summed E-state index contributed by atoms with van der Waals surface area (Å²) in [5.41, 5.74) is 0. The highest BCUT2D eigenvalue weighted by atomic mass is 19.4. The molecule has 1 rings (SSSR count). The van der Waals surface area contributed by atoms with Crippen molar-refractivity contribution in [2.24, 2.45) is 0 Å². The minimum absolute atomic E-state index is 0.149. The number of nitrogens with one attached hydrogen (secondary N) is 1. The van der Waals surface area contributed by atoms with E-state index in [2.05, 4.69) is 10.1 Å². The van der Waals surface area contributed by atoms with Gasteiger partial charge in [-0.1, -0.05) is 0 Å². The Morgan fingerprint density at radius 2 is 2.14 bits per heavy atom. The first-order valence-electron chi connectivity index (χ1n) is 6.55. The molecular formula is C12H19F3N2O4. The zero-order valence-electron chi connectivity index (χ0n) is 11.7. The highest BCUT2D eigenvalue weighted by Crippen LogP contribution is 2.18. The Morgan fingerprint density at radius 3 is 2.67 bits per heavy atom. The summed E-state index contributed by atoms with van der Waals surface area (Å²) in [7, 11) is 1.14. The number of carbonyl (C=O) groups excluding carboxylic acids is 2. The fraction of sp³-hybridized carbons (Fsp3) is 0.833. The van der Waals surface area contributed by atoms with Crippen LogP contribution in [0.25, 0.3) is 0 Å². The number of esters is 1. The largest absolute Gasteiger partial charge is 0.469 e. The Hall–Kier alpha value is -1.35. The third-order valence-corrected chi connectivity index (χ3v) is 2.94. The molecule has 6 nitrogen and oxygen atoms in total. The van der Waals surface area contributed by atoms with E-state index < -0.39 is 30.7 Å². The van der Waals surface area contributed by atoms with Crippen molar-refractivity contribution in [2.75, 3.05) is 39.9 Å². The van der Waals surface area contributed by atoms with E-state index in [1.165, 1.54) is 0 Å². The maximum atomic E-state index is 12.5. The van der Waals surface area contributed by atoms with Gasteiger partial charge in [0.05, 0.1) is 32.7 Å². The predicted octanol–water partition coefficient (Wildman–Crippen LogP) is 0.319. The number of rotatable bonds is 6. The first kappa shape index (κ1) is 17.7. The number of carbonyl (C=O) groups is 2. The molecule has 21 heavy (non-hydrogen) atoms. The van der Waals surface area contributed by atoms with Gasteiger partial charge in [0.15, 0.2) is 0 Å². The normalized spacial score (nSPS) is 19.1. The lowest BCUT2D eigenvalue weighted by molar-refractivity contribution is -0.164. The van der Waals surface area contributed by atoms with Gasteiger partial charge >= 0.3 is 12.1 Å². The summed E-state index contributed by atoms with van der Waals surface area (Å²) >= 11 is 0. The monoisotopic (exact) mass is 312 g/mol. The molecular weight excluding hydrogens is 293 g/mol. The average molecular weight is 312 g/mol. The van der Waals surface area contributed by atoms with Crippen LogP contribution in [0, 0.1) is 0 Å². The molecule has 0 aromatic rings. The van der Waals surface area contributed by atoms with Gasteiger partial charge in [0.25, 0.3) is 0 Å². The molecule has 0 saturated carbocycles. The van der Waals surface area contributed by atoms with E-state index in [0.29, 0.717) is 24.6 Å². The number of methoxy groups -OCH3 is 1. The van der Waals surface area contributed by atoms with Gasteiger partial charge in [0.1, 0.15) is 6.54 Å². The van der Waals surface area contributed by atoms with Crippen LogP contribution in [0.4, 0.5) is 13.2 Å². The standard InChI is InChI=1S/C12H19F3N2O4/c1-20-11(19)2-4-17(8-12(13,14)15)10(18)6-9-7-16-3-5-21-9/h9,16H,2-8H2,1H3. The Morgan fingerprint density at radius 1 is 1.43 bits per heavy atom. The van der Waals surface area contributed by atoms with Crippen molar-refractivity contribution in [3.8, 4) is 0 Å². The molecule has 1 aliphatic heterocycles. The molecule has 122 valence electrons. The maximum absolute atomic E-state index is 12.5. The molecule has 1 unspecified atom stereocenters. The molecule has 9 heteroatoms. The lowest BCUT2D eigenvalue weighted by atomic mass is 10.2. The SMILES string of the molecule is COC(=O)CCN(CC(F)(F)F)C(=O)CC1CNCCO1. The summed E-state index contributed by atoms with van der Waals surface area (Å²) < 4.78 is 47.2. The first-order chi connectivity index (χ1) is 9.81. The fourth-order valence-electron chi connectivity index (χ4n) is 1.91. The second-order valence-corrected chi connectivity index (χ2v) is 4.66. The highest BCUT2D eigenvalue weighted by Gasteiger charge is 2.34. The summed E-state index contributed by atoms with van der Waals surface area (Å²) in [6.07, 6.45) is -5.39. The molecule has 1 aliphatic rings. The van der Waals surface area contributed by atoms with Crippen molar-refractivity contribution >= 4 is 11.9 Å². The van der Waals surface area contributed by atoms with Crippen LogP contribution in [0.1, 0.15) is 12.8 Å². The van der Waals surface area contributed by atoms with E-state index >= 15 is 0 Å². The number of morpholine rings is 1. The molecule has 0 aromatic heterocycles. The topological polar surface area (TPSA) is 67.9 Å². The second-order valence-electron chi connectivity index (χ2n) is 4.66. The second kappa shape index (κ2) is 8.18. The van der Waals surface area contributed by atoms with Crippen molar-refractivity contribution < 1.29 is 32.2 Å².